The van der Waals surface area contributed by atoms with Gasteiger partial charge >= 0.3 is 0 Å². The second kappa shape index (κ2) is 3.63. The largest absolute Gasteiger partial charge is 0.304 e. The predicted octanol–water partition coefficient (Wildman–Crippen LogP) is 2.68. The molecule has 1 aliphatic carbocycles. The van der Waals surface area contributed by atoms with Crippen LogP contribution >= 0.6 is 0 Å². The molecule has 16 heavy (non-hydrogen) atoms. The molecule has 1 aliphatic heterocycles. The fourth-order valence-corrected chi connectivity index (χ4v) is 2.32. The maximum absolute atomic E-state index is 12.2. The summed E-state index contributed by atoms with van der Waals surface area (Å²) in [5.74, 6) is 0.150. The molecule has 0 unspecified atom stereocenters. The zero-order chi connectivity index (χ0) is 11.0. The Morgan fingerprint density at radius 3 is 2.69 bits per heavy atom. The molecule has 0 saturated heterocycles. The number of para-hydroxylation sites is 1. The zero-order valence-electron chi connectivity index (χ0n) is 9.02. The third-order valence-corrected chi connectivity index (χ3v) is 3.17. The summed E-state index contributed by atoms with van der Waals surface area (Å²) in [5, 5.41) is 0. The Balaban J connectivity index is 1.93. The number of hydrogen-bond donors (Lipinski definition) is 0. The number of rotatable bonds is 1. The highest BCUT2D eigenvalue weighted by molar-refractivity contribution is 6.11. The number of benzene rings is 1. The molecule has 0 saturated carbocycles. The molecule has 1 aromatic rings. The van der Waals surface area contributed by atoms with E-state index in [-0.39, 0.29) is 5.91 Å². The first kappa shape index (κ1) is 9.40. The highest BCUT2D eigenvalue weighted by atomic mass is 16.2. The predicted molar refractivity (Wildman–Crippen MR) is 64.2 cm³/mol. The lowest BCUT2D eigenvalue weighted by Crippen LogP contribution is -2.26. The Kier molecular flexibility index (Phi) is 2.13. The fraction of sp³-hybridized carbons (Fsp3) is 0.214. The first-order valence-electron chi connectivity index (χ1n) is 5.62. The third kappa shape index (κ3) is 1.38. The van der Waals surface area contributed by atoms with Crippen LogP contribution < -0.4 is 4.90 Å². The number of amides is 1. The zero-order valence-corrected chi connectivity index (χ0v) is 9.02. The van der Waals surface area contributed by atoms with Gasteiger partial charge in [0, 0.05) is 17.8 Å². The van der Waals surface area contributed by atoms with E-state index >= 15 is 0 Å². The molecule has 0 N–H and O–H groups in total. The van der Waals surface area contributed by atoms with E-state index in [1.54, 1.807) is 0 Å². The van der Waals surface area contributed by atoms with Crippen molar-refractivity contribution in [2.75, 3.05) is 11.4 Å². The van der Waals surface area contributed by atoms with Crippen LogP contribution in [0.25, 0.3) is 0 Å². The second-order valence-corrected chi connectivity index (χ2v) is 4.19. The number of carbonyl (C=O) groups is 1. The molecule has 0 atom stereocenters. The van der Waals surface area contributed by atoms with E-state index in [0.29, 0.717) is 0 Å². The first-order valence-corrected chi connectivity index (χ1v) is 5.62. The van der Waals surface area contributed by atoms with Gasteiger partial charge in [0.25, 0.3) is 5.91 Å². The summed E-state index contributed by atoms with van der Waals surface area (Å²) in [5.41, 5.74) is 3.20. The minimum absolute atomic E-state index is 0.150. The van der Waals surface area contributed by atoms with Gasteiger partial charge < -0.3 is 4.90 Å². The van der Waals surface area contributed by atoms with Crippen LogP contribution in [0.15, 0.2) is 53.6 Å². The van der Waals surface area contributed by atoms with Crippen LogP contribution in [-0.2, 0) is 4.79 Å². The summed E-state index contributed by atoms with van der Waals surface area (Å²) in [6.07, 6.45) is 6.16. The van der Waals surface area contributed by atoms with Gasteiger partial charge in [0.05, 0.1) is 0 Å². The van der Waals surface area contributed by atoms with Crippen molar-refractivity contribution in [3.8, 4) is 0 Å². The molecule has 2 heteroatoms. The fourth-order valence-electron chi connectivity index (χ4n) is 2.32. The average Bonchev–Trinajstić information content (AvgIpc) is 2.69. The second-order valence-electron chi connectivity index (χ2n) is 4.19. The quantitative estimate of drug-likeness (QED) is 0.699. The van der Waals surface area contributed by atoms with Gasteiger partial charge in [-0.2, -0.15) is 0 Å². The van der Waals surface area contributed by atoms with Gasteiger partial charge in [0.2, 0.25) is 0 Å². The Morgan fingerprint density at radius 2 is 1.94 bits per heavy atom. The summed E-state index contributed by atoms with van der Waals surface area (Å²) in [7, 11) is 0. The van der Waals surface area contributed by atoms with E-state index in [9.17, 15) is 4.79 Å². The molecular formula is C14H13NO. The summed E-state index contributed by atoms with van der Waals surface area (Å²) in [6.45, 7) is 0.766. The molecule has 1 aromatic carbocycles. The number of anilines is 1. The van der Waals surface area contributed by atoms with Crippen molar-refractivity contribution in [1.29, 1.82) is 0 Å². The Morgan fingerprint density at radius 1 is 1.12 bits per heavy atom. The molecule has 1 amide bonds. The topological polar surface area (TPSA) is 20.3 Å². The van der Waals surface area contributed by atoms with Gasteiger partial charge in [-0.05, 0) is 30.5 Å². The van der Waals surface area contributed by atoms with Gasteiger partial charge in [-0.1, -0.05) is 30.4 Å². The number of carbonyl (C=O) groups excluding carboxylic acids is 1. The molecule has 1 heterocycles. The van der Waals surface area contributed by atoms with Gasteiger partial charge in [-0.3, -0.25) is 4.79 Å². The summed E-state index contributed by atoms with van der Waals surface area (Å²) < 4.78 is 0. The average molecular weight is 211 g/mol. The smallest absolute Gasteiger partial charge is 0.258 e. The Bertz CT molecular complexity index is 485. The SMILES string of the molecule is O=C1C2=C(CCC=C2)CN1c1ccccc1. The maximum Gasteiger partial charge on any atom is 0.258 e. The van der Waals surface area contributed by atoms with Crippen molar-refractivity contribution >= 4 is 11.6 Å². The van der Waals surface area contributed by atoms with E-state index in [1.165, 1.54) is 5.57 Å². The molecule has 0 fully saturated rings. The van der Waals surface area contributed by atoms with Crippen LogP contribution in [0.5, 0.6) is 0 Å². The molecule has 0 aromatic heterocycles. The maximum atomic E-state index is 12.2. The van der Waals surface area contributed by atoms with Crippen molar-refractivity contribution < 1.29 is 4.79 Å². The molecule has 80 valence electrons. The van der Waals surface area contributed by atoms with Crippen LogP contribution in [-0.4, -0.2) is 12.5 Å². The van der Waals surface area contributed by atoms with Crippen molar-refractivity contribution in [3.63, 3.8) is 0 Å². The van der Waals surface area contributed by atoms with E-state index < -0.39 is 0 Å². The first-order chi connectivity index (χ1) is 7.86. The van der Waals surface area contributed by atoms with Crippen molar-refractivity contribution in [3.05, 3.63) is 53.6 Å². The van der Waals surface area contributed by atoms with Crippen LogP contribution in [0.1, 0.15) is 12.8 Å². The summed E-state index contributed by atoms with van der Waals surface area (Å²) in [4.78, 5) is 14.0. The molecular weight excluding hydrogens is 198 g/mol. The molecule has 0 bridgehead atoms. The van der Waals surface area contributed by atoms with Crippen molar-refractivity contribution in [1.82, 2.24) is 0 Å². The van der Waals surface area contributed by atoms with Gasteiger partial charge in [0.15, 0.2) is 0 Å². The number of hydrogen-bond acceptors (Lipinski definition) is 1. The standard InChI is InChI=1S/C14H13NO/c16-14-13-9-5-4-6-11(13)10-15(14)12-7-2-1-3-8-12/h1-3,5,7-9H,4,6,10H2. The van der Waals surface area contributed by atoms with Crippen molar-refractivity contribution in [2.45, 2.75) is 12.8 Å². The van der Waals surface area contributed by atoms with Crippen LogP contribution in [0, 0.1) is 0 Å². The monoisotopic (exact) mass is 211 g/mol. The van der Waals surface area contributed by atoms with Crippen LogP contribution in [0.4, 0.5) is 5.69 Å². The van der Waals surface area contributed by atoms with E-state index in [1.807, 2.05) is 41.3 Å². The minimum Gasteiger partial charge on any atom is -0.304 e. The van der Waals surface area contributed by atoms with E-state index in [0.717, 1.165) is 30.6 Å². The van der Waals surface area contributed by atoms with Gasteiger partial charge in [0.1, 0.15) is 0 Å². The number of nitrogens with zero attached hydrogens (tertiary/aromatic N) is 1. The summed E-state index contributed by atoms with van der Waals surface area (Å²) >= 11 is 0. The van der Waals surface area contributed by atoms with Crippen LogP contribution in [0.2, 0.25) is 0 Å². The van der Waals surface area contributed by atoms with Gasteiger partial charge in [-0.25, -0.2) is 0 Å². The van der Waals surface area contributed by atoms with E-state index in [4.69, 9.17) is 0 Å². The molecule has 3 rings (SSSR count). The lowest BCUT2D eigenvalue weighted by atomic mass is 10.0. The molecule has 0 spiro atoms. The molecule has 0 radical (unpaired) electrons. The molecule has 2 nitrogen and oxygen atoms in total. The third-order valence-electron chi connectivity index (χ3n) is 3.17. The normalized spacial score (nSPS) is 19.2. The highest BCUT2D eigenvalue weighted by Gasteiger charge is 2.30. The van der Waals surface area contributed by atoms with E-state index in [2.05, 4.69) is 6.08 Å². The van der Waals surface area contributed by atoms with Crippen molar-refractivity contribution in [2.24, 2.45) is 0 Å². The van der Waals surface area contributed by atoms with Gasteiger partial charge in [-0.15, -0.1) is 0 Å². The van der Waals surface area contributed by atoms with Crippen LogP contribution in [0.3, 0.4) is 0 Å². The highest BCUT2D eigenvalue weighted by Crippen LogP contribution is 2.30. The lowest BCUT2D eigenvalue weighted by Gasteiger charge is -2.16. The Labute approximate surface area is 94.9 Å². The Hall–Kier alpha value is -1.83. The molecule has 2 aliphatic rings. The number of allylic oxidation sites excluding steroid dienone is 1. The summed E-state index contributed by atoms with van der Waals surface area (Å²) in [6, 6.07) is 9.88. The lowest BCUT2D eigenvalue weighted by molar-refractivity contribution is -0.114. The minimum atomic E-state index is 0.150.